The Labute approximate surface area is 173 Å². The van der Waals surface area contributed by atoms with Crippen LogP contribution in [0, 0.1) is 11.3 Å². The van der Waals surface area contributed by atoms with E-state index in [9.17, 15) is 14.9 Å². The summed E-state index contributed by atoms with van der Waals surface area (Å²) >= 11 is 0. The van der Waals surface area contributed by atoms with Crippen molar-refractivity contribution < 1.29 is 9.59 Å². The quantitative estimate of drug-likeness (QED) is 0.403. The van der Waals surface area contributed by atoms with Crippen LogP contribution in [0.15, 0.2) is 30.0 Å². The monoisotopic (exact) mass is 394 g/mol. The van der Waals surface area contributed by atoms with E-state index in [1.165, 1.54) is 30.2 Å². The third-order valence-corrected chi connectivity index (χ3v) is 5.78. The molecule has 6 heteroatoms. The highest BCUT2D eigenvalue weighted by Crippen LogP contribution is 2.24. The average Bonchev–Trinajstić information content (AvgIpc) is 3.15. The van der Waals surface area contributed by atoms with Crippen molar-refractivity contribution in [3.05, 3.63) is 46.7 Å². The molecular weight excluding hydrogens is 364 g/mol. The minimum absolute atomic E-state index is 0.0135. The fraction of sp³-hybridized carbons (Fsp3) is 0.522. The van der Waals surface area contributed by atoms with Crippen LogP contribution in [0.2, 0.25) is 0 Å². The molecule has 29 heavy (non-hydrogen) atoms. The number of rotatable bonds is 8. The Bertz CT molecular complexity index is 825. The SMILES string of the molecule is CC(N/C=C(/C#N)C(=O)NCCCN1CCCC1=O)c1ccc2c(c1)CCCC2. The molecule has 6 nitrogen and oxygen atoms in total. The molecule has 0 saturated carbocycles. The molecule has 0 radical (unpaired) electrons. The van der Waals surface area contributed by atoms with Gasteiger partial charge < -0.3 is 15.5 Å². The maximum Gasteiger partial charge on any atom is 0.263 e. The second kappa shape index (κ2) is 10.1. The van der Waals surface area contributed by atoms with Crippen LogP contribution < -0.4 is 10.6 Å². The van der Waals surface area contributed by atoms with Crippen LogP contribution in [0.4, 0.5) is 0 Å². The summed E-state index contributed by atoms with van der Waals surface area (Å²) in [4.78, 5) is 25.7. The maximum absolute atomic E-state index is 12.3. The predicted octanol–water partition coefficient (Wildman–Crippen LogP) is 2.75. The minimum Gasteiger partial charge on any atom is -0.383 e. The number of aryl methyl sites for hydroxylation is 2. The van der Waals surface area contributed by atoms with Crippen molar-refractivity contribution >= 4 is 11.8 Å². The van der Waals surface area contributed by atoms with E-state index in [-0.39, 0.29) is 23.4 Å². The number of benzene rings is 1. The Kier molecular flexibility index (Phi) is 7.29. The maximum atomic E-state index is 12.3. The number of hydrogen-bond donors (Lipinski definition) is 2. The zero-order chi connectivity index (χ0) is 20.6. The highest BCUT2D eigenvalue weighted by Gasteiger charge is 2.19. The molecule has 1 aliphatic carbocycles. The standard InChI is InChI=1S/C23H30N4O2/c1-17(19-10-9-18-6-2-3-7-20(18)14-19)26-16-21(15-24)23(29)25-11-5-13-27-12-4-8-22(27)28/h9-10,14,16-17,26H,2-8,11-13H2,1H3,(H,25,29)/b21-16-. The summed E-state index contributed by atoms with van der Waals surface area (Å²) < 4.78 is 0. The van der Waals surface area contributed by atoms with E-state index >= 15 is 0 Å². The molecule has 1 unspecified atom stereocenters. The van der Waals surface area contributed by atoms with Crippen LogP contribution in [-0.2, 0) is 22.4 Å². The molecule has 1 aliphatic heterocycles. The molecule has 2 aliphatic rings. The summed E-state index contributed by atoms with van der Waals surface area (Å²) in [6.45, 7) is 3.93. The largest absolute Gasteiger partial charge is 0.383 e. The van der Waals surface area contributed by atoms with Crippen LogP contribution in [0.5, 0.6) is 0 Å². The van der Waals surface area contributed by atoms with Crippen LogP contribution in [0.3, 0.4) is 0 Å². The Hall–Kier alpha value is -2.81. The van der Waals surface area contributed by atoms with Crippen molar-refractivity contribution in [3.8, 4) is 6.07 Å². The first-order chi connectivity index (χ1) is 14.1. The molecule has 0 spiro atoms. The van der Waals surface area contributed by atoms with Gasteiger partial charge >= 0.3 is 0 Å². The summed E-state index contributed by atoms with van der Waals surface area (Å²) in [6.07, 6.45) is 8.52. The van der Waals surface area contributed by atoms with E-state index in [0.29, 0.717) is 25.9 Å². The smallest absolute Gasteiger partial charge is 0.263 e. The van der Waals surface area contributed by atoms with Gasteiger partial charge in [-0.05, 0) is 62.1 Å². The summed E-state index contributed by atoms with van der Waals surface area (Å²) in [7, 11) is 0. The number of nitriles is 1. The van der Waals surface area contributed by atoms with Gasteiger partial charge in [0.05, 0.1) is 0 Å². The van der Waals surface area contributed by atoms with Crippen molar-refractivity contribution in [1.82, 2.24) is 15.5 Å². The number of nitrogens with one attached hydrogen (secondary N) is 2. The predicted molar refractivity (Wildman–Crippen MR) is 112 cm³/mol. The van der Waals surface area contributed by atoms with Gasteiger partial charge in [-0.25, -0.2) is 0 Å². The van der Waals surface area contributed by atoms with Gasteiger partial charge in [-0.3, -0.25) is 9.59 Å². The first-order valence-electron chi connectivity index (χ1n) is 10.6. The lowest BCUT2D eigenvalue weighted by molar-refractivity contribution is -0.127. The van der Waals surface area contributed by atoms with Crippen molar-refractivity contribution in [2.75, 3.05) is 19.6 Å². The Morgan fingerprint density at radius 1 is 1.24 bits per heavy atom. The number of hydrogen-bond acceptors (Lipinski definition) is 4. The average molecular weight is 395 g/mol. The second-order valence-electron chi connectivity index (χ2n) is 7.89. The van der Waals surface area contributed by atoms with Gasteiger partial charge in [0.2, 0.25) is 5.91 Å². The normalized spacial score (nSPS) is 17.4. The van der Waals surface area contributed by atoms with E-state index in [1.807, 2.05) is 17.9 Å². The fourth-order valence-corrected chi connectivity index (χ4v) is 3.98. The second-order valence-corrected chi connectivity index (χ2v) is 7.89. The lowest BCUT2D eigenvalue weighted by atomic mass is 9.89. The van der Waals surface area contributed by atoms with E-state index in [1.54, 1.807) is 0 Å². The van der Waals surface area contributed by atoms with E-state index in [2.05, 4.69) is 28.8 Å². The van der Waals surface area contributed by atoms with Gasteiger partial charge in [-0.1, -0.05) is 18.2 Å². The van der Waals surface area contributed by atoms with Crippen LogP contribution in [0.1, 0.15) is 61.8 Å². The lowest BCUT2D eigenvalue weighted by Gasteiger charge is -2.19. The number of nitrogens with zero attached hydrogens (tertiary/aromatic N) is 2. The molecular formula is C23H30N4O2. The van der Waals surface area contributed by atoms with Crippen LogP contribution >= 0.6 is 0 Å². The first kappa shape index (κ1) is 20.9. The summed E-state index contributed by atoms with van der Waals surface area (Å²) in [6, 6.07) is 8.55. The molecule has 1 saturated heterocycles. The molecule has 2 N–H and O–H groups in total. The minimum atomic E-state index is -0.384. The third kappa shape index (κ3) is 5.60. The number of amides is 2. The summed E-state index contributed by atoms with van der Waals surface area (Å²) in [5.74, 6) is -0.195. The molecule has 0 aromatic heterocycles. The van der Waals surface area contributed by atoms with Crippen molar-refractivity contribution in [1.29, 1.82) is 5.26 Å². The van der Waals surface area contributed by atoms with Crippen LogP contribution in [-0.4, -0.2) is 36.3 Å². The van der Waals surface area contributed by atoms with Gasteiger partial charge in [0.25, 0.3) is 5.91 Å². The topological polar surface area (TPSA) is 85.2 Å². The van der Waals surface area contributed by atoms with Gasteiger partial charge in [0.1, 0.15) is 11.6 Å². The number of likely N-dealkylation sites (tertiary alicyclic amines) is 1. The molecule has 2 amide bonds. The Balaban J connectivity index is 1.47. The molecule has 154 valence electrons. The fourth-order valence-electron chi connectivity index (χ4n) is 3.98. The molecule has 1 aromatic rings. The van der Waals surface area contributed by atoms with E-state index in [4.69, 9.17) is 0 Å². The zero-order valence-corrected chi connectivity index (χ0v) is 17.2. The number of fused-ring (bicyclic) bond motifs is 1. The molecule has 1 aromatic carbocycles. The van der Waals surface area contributed by atoms with Crippen LogP contribution in [0.25, 0.3) is 0 Å². The third-order valence-electron chi connectivity index (χ3n) is 5.78. The van der Waals surface area contributed by atoms with Crippen molar-refractivity contribution in [2.45, 2.75) is 57.9 Å². The highest BCUT2D eigenvalue weighted by molar-refractivity contribution is 5.97. The number of carbonyl (C=O) groups is 2. The Morgan fingerprint density at radius 2 is 2.03 bits per heavy atom. The molecule has 3 rings (SSSR count). The van der Waals surface area contributed by atoms with Crippen molar-refractivity contribution in [3.63, 3.8) is 0 Å². The molecule has 1 atom stereocenters. The van der Waals surface area contributed by atoms with E-state index < -0.39 is 0 Å². The molecule has 0 bridgehead atoms. The lowest BCUT2D eigenvalue weighted by Crippen LogP contribution is -2.31. The highest BCUT2D eigenvalue weighted by atomic mass is 16.2. The molecule has 1 fully saturated rings. The summed E-state index contributed by atoms with van der Waals surface area (Å²) in [5.41, 5.74) is 4.08. The van der Waals surface area contributed by atoms with Gasteiger partial charge in [0, 0.05) is 38.3 Å². The Morgan fingerprint density at radius 3 is 2.76 bits per heavy atom. The summed E-state index contributed by atoms with van der Waals surface area (Å²) in [5, 5.41) is 15.3. The first-order valence-corrected chi connectivity index (χ1v) is 10.6. The molecule has 1 heterocycles. The van der Waals surface area contributed by atoms with E-state index in [0.717, 1.165) is 31.4 Å². The van der Waals surface area contributed by atoms with Crippen molar-refractivity contribution in [2.24, 2.45) is 0 Å². The zero-order valence-electron chi connectivity index (χ0n) is 17.2. The van der Waals surface area contributed by atoms with Gasteiger partial charge in [-0.2, -0.15) is 5.26 Å². The van der Waals surface area contributed by atoms with Gasteiger partial charge in [0.15, 0.2) is 0 Å². The number of carbonyl (C=O) groups excluding carboxylic acids is 2. The van der Waals surface area contributed by atoms with Gasteiger partial charge in [-0.15, -0.1) is 0 Å².